The minimum atomic E-state index is -3.28. The fourth-order valence-electron chi connectivity index (χ4n) is 7.45. The molecule has 0 unspecified atom stereocenters. The number of hydrogen-bond donors (Lipinski definition) is 2. The van der Waals surface area contributed by atoms with E-state index in [4.69, 9.17) is 37.7 Å². The van der Waals surface area contributed by atoms with E-state index in [0.717, 1.165) is 44.5 Å². The second-order valence-electron chi connectivity index (χ2n) is 15.1. The van der Waals surface area contributed by atoms with E-state index >= 15 is 0 Å². The third kappa shape index (κ3) is 19.0. The minimum absolute atomic E-state index is 0.333. The second kappa shape index (κ2) is 29.1. The number of hydrogen-bond acceptors (Lipinski definition) is 2. The van der Waals surface area contributed by atoms with Gasteiger partial charge in [0.15, 0.2) is 0 Å². The van der Waals surface area contributed by atoms with Crippen molar-refractivity contribution in [3.05, 3.63) is 158 Å². The molecule has 0 aliphatic heterocycles. The molecular weight excluding hydrogens is 1190 g/mol. The maximum atomic E-state index is 10.5. The molecule has 60 heavy (non-hydrogen) atoms. The van der Waals surface area contributed by atoms with Crippen LogP contribution >= 0.6 is 37.7 Å². The SMILES string of the molecule is CCC[CH2][Pb]([CH2]CCC)([CH2]CCC)[CH2]CCC.Oc1c(-c2ccccc2)cccc1-c1ccccc1.Oc1c(-c2ccccc2)cccc1-c1ccccc1.[Cl][W]([Cl])([Cl])[Cl]. The van der Waals surface area contributed by atoms with Gasteiger partial charge in [-0.1, -0.05) is 158 Å². The molecule has 0 atom stereocenters. The zero-order chi connectivity index (χ0) is 43.6. The van der Waals surface area contributed by atoms with Crippen LogP contribution in [-0.2, 0) is 11.9 Å². The third-order valence-corrected chi connectivity index (χ3v) is 32.6. The number of aromatic hydroxyl groups is 2. The zero-order valence-corrected chi connectivity index (χ0v) is 45.7. The molecule has 0 aliphatic carbocycles. The van der Waals surface area contributed by atoms with Crippen LogP contribution in [0, 0.1) is 0 Å². The molecule has 0 bridgehead atoms. The van der Waals surface area contributed by atoms with Crippen LogP contribution in [0.2, 0.25) is 15.9 Å². The Bertz CT molecular complexity index is 1750. The summed E-state index contributed by atoms with van der Waals surface area (Å²) in [5.74, 6) is 0.666. The molecule has 6 aromatic carbocycles. The predicted octanol–water partition coefficient (Wildman–Crippen LogP) is 18.8. The van der Waals surface area contributed by atoms with Gasteiger partial charge in [0.25, 0.3) is 0 Å². The topological polar surface area (TPSA) is 40.5 Å². The van der Waals surface area contributed by atoms with E-state index < -0.39 is 33.1 Å². The summed E-state index contributed by atoms with van der Waals surface area (Å²) in [5.41, 5.74) is 7.55. The number of para-hydroxylation sites is 2. The molecule has 0 radical (unpaired) electrons. The van der Waals surface area contributed by atoms with Crippen LogP contribution in [-0.4, -0.2) is 31.4 Å². The molecule has 0 aliphatic rings. The average molecular weight is 1250 g/mol. The summed E-state index contributed by atoms with van der Waals surface area (Å²) in [6.45, 7) is 9.49. The first kappa shape index (κ1) is 52.0. The van der Waals surface area contributed by atoms with Crippen LogP contribution in [0.4, 0.5) is 0 Å². The first-order valence-electron chi connectivity index (χ1n) is 21.4. The Kier molecular flexibility index (Phi) is 25.3. The number of halogens is 4. The summed E-state index contributed by atoms with van der Waals surface area (Å²) in [7, 11) is 20.1. The summed E-state index contributed by atoms with van der Waals surface area (Å²) in [4.78, 5) is 0. The number of benzene rings is 6. The van der Waals surface area contributed by atoms with Crippen molar-refractivity contribution in [2.24, 2.45) is 0 Å². The van der Waals surface area contributed by atoms with Crippen LogP contribution in [0.5, 0.6) is 11.5 Å². The van der Waals surface area contributed by atoms with Crippen molar-refractivity contribution in [1.82, 2.24) is 0 Å². The van der Waals surface area contributed by atoms with Crippen molar-refractivity contribution in [3.8, 4) is 56.0 Å². The van der Waals surface area contributed by atoms with Gasteiger partial charge in [-0.15, -0.1) is 0 Å². The summed E-state index contributed by atoms with van der Waals surface area (Å²) in [6.07, 6.45) is 11.9. The van der Waals surface area contributed by atoms with Crippen LogP contribution in [0.1, 0.15) is 79.1 Å². The first-order valence-corrected chi connectivity index (χ1v) is 47.0. The fourth-order valence-corrected chi connectivity index (χ4v) is 30.4. The zero-order valence-electron chi connectivity index (χ0n) is 35.8. The third-order valence-electron chi connectivity index (χ3n) is 10.7. The van der Waals surface area contributed by atoms with E-state index in [9.17, 15) is 10.2 Å². The molecule has 2 nitrogen and oxygen atoms in total. The Hall–Kier alpha value is -2.31. The predicted molar refractivity (Wildman–Crippen MR) is 266 cm³/mol. The Morgan fingerprint density at radius 2 is 0.550 bits per heavy atom. The normalized spacial score (nSPS) is 11.2. The molecule has 0 heterocycles. The van der Waals surface area contributed by atoms with Crippen LogP contribution in [0.25, 0.3) is 44.5 Å². The molecule has 0 saturated heterocycles. The monoisotopic (exact) mass is 1250 g/mol. The standard InChI is InChI=1S/2C18H14O.4C4H9.4ClH.Pb.W/c2*19-18-16(14-8-3-1-4-9-14)12-7-13-17(18)15-10-5-2-6-11-15;4*1-3-4-2;;;;;;/h2*1-13,19H;4*1,3-4H2,2H3;4*1H;;/q;;;;;;;;;;;+4/p-4. The van der Waals surface area contributed by atoms with Gasteiger partial charge in [0.2, 0.25) is 0 Å². The molecule has 0 aromatic heterocycles. The van der Waals surface area contributed by atoms with E-state index in [1.54, 1.807) is 41.6 Å². The molecule has 322 valence electrons. The van der Waals surface area contributed by atoms with Crippen LogP contribution in [0.3, 0.4) is 0 Å². The Morgan fingerprint density at radius 3 is 0.733 bits per heavy atom. The average Bonchev–Trinajstić information content (AvgIpc) is 3.27. The van der Waals surface area contributed by atoms with Crippen LogP contribution < -0.4 is 0 Å². The van der Waals surface area contributed by atoms with Gasteiger partial charge in [-0.3, -0.25) is 0 Å². The number of unbranched alkanes of at least 4 members (excludes halogenated alkanes) is 4. The van der Waals surface area contributed by atoms with Gasteiger partial charge in [-0.25, -0.2) is 0 Å². The van der Waals surface area contributed by atoms with Gasteiger partial charge in [-0.2, -0.15) is 0 Å². The molecule has 6 rings (SSSR count). The number of phenols is 2. The molecule has 0 saturated carbocycles. The molecule has 0 amide bonds. The number of phenolic OH excluding ortho intramolecular Hbond substituents is 2. The quantitative estimate of drug-likeness (QED) is 0.0948. The second-order valence-corrected chi connectivity index (χ2v) is 60.0. The Labute approximate surface area is 385 Å². The molecule has 0 spiro atoms. The van der Waals surface area contributed by atoms with Crippen molar-refractivity contribution in [1.29, 1.82) is 0 Å². The molecule has 0 fully saturated rings. The van der Waals surface area contributed by atoms with Gasteiger partial charge in [-0.05, 0) is 22.3 Å². The Morgan fingerprint density at radius 1 is 0.350 bits per heavy atom. The maximum absolute atomic E-state index is 10.5. The van der Waals surface area contributed by atoms with E-state index in [1.807, 2.05) is 158 Å². The molecule has 2 N–H and O–H groups in total. The van der Waals surface area contributed by atoms with E-state index in [-0.39, 0.29) is 0 Å². The van der Waals surface area contributed by atoms with Gasteiger partial charge in [0.05, 0.1) is 0 Å². The summed E-state index contributed by atoms with van der Waals surface area (Å²) in [6, 6.07) is 51.5. The molecule has 6 aromatic rings. The number of rotatable bonds is 16. The van der Waals surface area contributed by atoms with Crippen molar-refractivity contribution in [2.45, 2.75) is 95.0 Å². The van der Waals surface area contributed by atoms with Crippen LogP contribution in [0.15, 0.2) is 158 Å². The van der Waals surface area contributed by atoms with E-state index in [1.165, 1.54) is 25.7 Å². The van der Waals surface area contributed by atoms with Crippen molar-refractivity contribution in [3.63, 3.8) is 0 Å². The summed E-state index contributed by atoms with van der Waals surface area (Å²) < 4.78 is 6.85. The van der Waals surface area contributed by atoms with Crippen molar-refractivity contribution >= 4 is 58.8 Å². The van der Waals surface area contributed by atoms with E-state index in [0.29, 0.717) is 11.5 Å². The fraction of sp³-hybridized carbons (Fsp3) is 0.308. The Balaban J connectivity index is 0.000000228. The first-order chi connectivity index (χ1) is 29.0. The van der Waals surface area contributed by atoms with Crippen molar-refractivity contribution < 1.29 is 22.1 Å². The van der Waals surface area contributed by atoms with Gasteiger partial charge < -0.3 is 10.2 Å². The summed E-state index contributed by atoms with van der Waals surface area (Å²) in [5, 5.41) is 21.0. The molecular formula is C52H64Cl4O2PbW. The molecule has 8 heteroatoms. The van der Waals surface area contributed by atoms with E-state index in [2.05, 4.69) is 27.7 Å². The van der Waals surface area contributed by atoms with Gasteiger partial charge in [0, 0.05) is 22.3 Å². The van der Waals surface area contributed by atoms with Gasteiger partial charge >= 0.3 is 166 Å². The van der Waals surface area contributed by atoms with Gasteiger partial charge in [0.1, 0.15) is 11.5 Å². The van der Waals surface area contributed by atoms with Crippen molar-refractivity contribution in [2.75, 3.05) is 0 Å². The summed E-state index contributed by atoms with van der Waals surface area (Å²) >= 11 is -5.11.